The first-order valence-electron chi connectivity index (χ1n) is 5.44. The third kappa shape index (κ3) is 3.20. The highest BCUT2D eigenvalue weighted by Crippen LogP contribution is 2.22. The molecule has 2 fully saturated rings. The van der Waals surface area contributed by atoms with E-state index in [1.807, 2.05) is 11.8 Å². The van der Waals surface area contributed by atoms with E-state index in [1.165, 1.54) is 17.9 Å². The Morgan fingerprint density at radius 2 is 2.21 bits per heavy atom. The molecule has 78 valence electrons. The number of hydrogen-bond donors (Lipinski definition) is 1. The molecule has 1 unspecified atom stereocenters. The highest BCUT2D eigenvalue weighted by atomic mass is 32.2. The second-order valence-electron chi connectivity index (χ2n) is 3.91. The summed E-state index contributed by atoms with van der Waals surface area (Å²) in [6.45, 7) is 5.55. The highest BCUT2D eigenvalue weighted by molar-refractivity contribution is 7.99. The first kappa shape index (κ1) is 10.4. The summed E-state index contributed by atoms with van der Waals surface area (Å²) >= 11 is 2.04. The van der Waals surface area contributed by atoms with E-state index in [4.69, 9.17) is 0 Å². The van der Waals surface area contributed by atoms with Crippen LogP contribution in [0.2, 0.25) is 0 Å². The molecule has 0 aromatic heterocycles. The lowest BCUT2D eigenvalue weighted by molar-refractivity contribution is 0.268. The van der Waals surface area contributed by atoms with Crippen LogP contribution in [0.3, 0.4) is 0 Å². The molecule has 0 saturated carbocycles. The molecule has 2 heterocycles. The Morgan fingerprint density at radius 1 is 1.36 bits per heavy atom. The maximum atomic E-state index is 3.40. The molecule has 0 amide bonds. The van der Waals surface area contributed by atoms with Crippen molar-refractivity contribution in [1.29, 1.82) is 0 Å². The van der Waals surface area contributed by atoms with E-state index in [0.29, 0.717) is 5.92 Å². The fraction of sp³-hybridized carbons (Fsp3) is 0.818. The zero-order valence-electron chi connectivity index (χ0n) is 8.59. The molecule has 0 aromatic rings. The van der Waals surface area contributed by atoms with Gasteiger partial charge in [0, 0.05) is 37.8 Å². The number of thioether (sulfide) groups is 1. The topological polar surface area (TPSA) is 15.3 Å². The predicted molar refractivity (Wildman–Crippen MR) is 62.5 cm³/mol. The first-order valence-corrected chi connectivity index (χ1v) is 6.60. The van der Waals surface area contributed by atoms with Crippen LogP contribution in [0.4, 0.5) is 0 Å². The highest BCUT2D eigenvalue weighted by Gasteiger charge is 2.12. The maximum absolute atomic E-state index is 3.40. The minimum atomic E-state index is 0.683. The van der Waals surface area contributed by atoms with E-state index in [9.17, 15) is 0 Å². The Labute approximate surface area is 90.8 Å². The second-order valence-corrected chi connectivity index (χ2v) is 5.06. The molecule has 1 N–H and O–H groups in total. The van der Waals surface area contributed by atoms with Gasteiger partial charge in [-0.15, -0.1) is 0 Å². The SMILES string of the molecule is C(#CC1CCSC1)CN1CCNCC1. The quantitative estimate of drug-likeness (QED) is 0.640. The van der Waals surface area contributed by atoms with Gasteiger partial charge in [-0.3, -0.25) is 4.90 Å². The number of piperazine rings is 1. The van der Waals surface area contributed by atoms with Crippen LogP contribution in [0.25, 0.3) is 0 Å². The summed E-state index contributed by atoms with van der Waals surface area (Å²) in [5.41, 5.74) is 0. The fourth-order valence-corrected chi connectivity index (χ4v) is 2.97. The number of rotatable bonds is 1. The summed E-state index contributed by atoms with van der Waals surface area (Å²) < 4.78 is 0. The number of nitrogens with one attached hydrogen (secondary N) is 1. The van der Waals surface area contributed by atoms with Crippen LogP contribution < -0.4 is 5.32 Å². The normalized spacial score (nSPS) is 28.4. The molecule has 0 aromatic carbocycles. The lowest BCUT2D eigenvalue weighted by Gasteiger charge is -2.24. The van der Waals surface area contributed by atoms with Crippen molar-refractivity contribution >= 4 is 11.8 Å². The molecular formula is C11H18N2S. The summed E-state index contributed by atoms with van der Waals surface area (Å²) in [6.07, 6.45) is 1.30. The number of hydrogen-bond acceptors (Lipinski definition) is 3. The van der Waals surface area contributed by atoms with E-state index in [2.05, 4.69) is 22.1 Å². The van der Waals surface area contributed by atoms with Gasteiger partial charge in [0.25, 0.3) is 0 Å². The van der Waals surface area contributed by atoms with Crippen LogP contribution in [0, 0.1) is 17.8 Å². The molecule has 3 heteroatoms. The molecular weight excluding hydrogens is 192 g/mol. The molecule has 0 spiro atoms. The van der Waals surface area contributed by atoms with Crippen molar-refractivity contribution in [2.24, 2.45) is 5.92 Å². The monoisotopic (exact) mass is 210 g/mol. The average molecular weight is 210 g/mol. The Balaban J connectivity index is 1.69. The van der Waals surface area contributed by atoms with Crippen LogP contribution in [0.1, 0.15) is 6.42 Å². The van der Waals surface area contributed by atoms with Crippen molar-refractivity contribution in [3.8, 4) is 11.8 Å². The maximum Gasteiger partial charge on any atom is 0.0602 e. The zero-order chi connectivity index (χ0) is 9.64. The zero-order valence-corrected chi connectivity index (χ0v) is 9.41. The van der Waals surface area contributed by atoms with Crippen molar-refractivity contribution in [3.05, 3.63) is 0 Å². The van der Waals surface area contributed by atoms with Gasteiger partial charge in [0.05, 0.1) is 6.54 Å². The predicted octanol–water partition coefficient (Wildman–Crippen LogP) is 0.648. The molecule has 0 aliphatic carbocycles. The van der Waals surface area contributed by atoms with Gasteiger partial charge in [-0.25, -0.2) is 0 Å². The van der Waals surface area contributed by atoms with Crippen molar-refractivity contribution in [2.75, 3.05) is 44.2 Å². The summed E-state index contributed by atoms with van der Waals surface area (Å²) in [5.74, 6) is 9.98. The number of nitrogens with zero attached hydrogens (tertiary/aromatic N) is 1. The molecule has 0 bridgehead atoms. The van der Waals surface area contributed by atoms with Crippen LogP contribution >= 0.6 is 11.8 Å². The molecule has 2 saturated heterocycles. The molecule has 1 atom stereocenters. The molecule has 2 aliphatic heterocycles. The van der Waals surface area contributed by atoms with Gasteiger partial charge in [-0.1, -0.05) is 11.8 Å². The van der Waals surface area contributed by atoms with E-state index >= 15 is 0 Å². The van der Waals surface area contributed by atoms with Gasteiger partial charge in [0.1, 0.15) is 0 Å². The van der Waals surface area contributed by atoms with Gasteiger partial charge in [0.2, 0.25) is 0 Å². The standard InChI is InChI=1S/C11H18N2S/c1(2-11-3-9-14-10-11)6-13-7-4-12-5-8-13/h11-12H,3-10H2. The minimum Gasteiger partial charge on any atom is -0.314 e. The van der Waals surface area contributed by atoms with Crippen molar-refractivity contribution < 1.29 is 0 Å². The van der Waals surface area contributed by atoms with Gasteiger partial charge in [-0.2, -0.15) is 11.8 Å². The Morgan fingerprint density at radius 3 is 2.93 bits per heavy atom. The van der Waals surface area contributed by atoms with E-state index in [1.54, 1.807) is 0 Å². The van der Waals surface area contributed by atoms with E-state index in [-0.39, 0.29) is 0 Å². The third-order valence-electron chi connectivity index (χ3n) is 2.75. The molecule has 0 radical (unpaired) electrons. The average Bonchev–Trinajstić information content (AvgIpc) is 2.72. The lowest BCUT2D eigenvalue weighted by atomic mass is 10.1. The summed E-state index contributed by atoms with van der Waals surface area (Å²) in [6, 6.07) is 0. The van der Waals surface area contributed by atoms with E-state index < -0.39 is 0 Å². The smallest absolute Gasteiger partial charge is 0.0602 e. The summed E-state index contributed by atoms with van der Waals surface area (Å²) in [4.78, 5) is 2.44. The van der Waals surface area contributed by atoms with Gasteiger partial charge >= 0.3 is 0 Å². The molecule has 2 rings (SSSR count). The van der Waals surface area contributed by atoms with Crippen LogP contribution in [0.5, 0.6) is 0 Å². The van der Waals surface area contributed by atoms with Crippen LogP contribution in [-0.4, -0.2) is 49.1 Å². The minimum absolute atomic E-state index is 0.683. The van der Waals surface area contributed by atoms with Crippen LogP contribution in [-0.2, 0) is 0 Å². The van der Waals surface area contributed by atoms with Crippen LogP contribution in [0.15, 0.2) is 0 Å². The van der Waals surface area contributed by atoms with Gasteiger partial charge in [0.15, 0.2) is 0 Å². The Bertz CT molecular complexity index is 219. The van der Waals surface area contributed by atoms with Gasteiger partial charge in [-0.05, 0) is 12.2 Å². The second kappa shape index (κ2) is 5.65. The van der Waals surface area contributed by atoms with Crippen molar-refractivity contribution in [1.82, 2.24) is 10.2 Å². The molecule has 14 heavy (non-hydrogen) atoms. The van der Waals surface area contributed by atoms with Gasteiger partial charge < -0.3 is 5.32 Å². The summed E-state index contributed by atoms with van der Waals surface area (Å²) in [5, 5.41) is 3.35. The Hall–Kier alpha value is -0.170. The molecule has 2 nitrogen and oxygen atoms in total. The summed E-state index contributed by atoms with van der Waals surface area (Å²) in [7, 11) is 0. The largest absolute Gasteiger partial charge is 0.314 e. The van der Waals surface area contributed by atoms with Crippen molar-refractivity contribution in [3.63, 3.8) is 0 Å². The molecule has 2 aliphatic rings. The fourth-order valence-electron chi connectivity index (χ4n) is 1.82. The van der Waals surface area contributed by atoms with E-state index in [0.717, 1.165) is 32.7 Å². The first-order chi connectivity index (χ1) is 6.95. The Kier molecular flexibility index (Phi) is 4.18. The third-order valence-corrected chi connectivity index (χ3v) is 3.91. The lowest BCUT2D eigenvalue weighted by Crippen LogP contribution is -2.43. The van der Waals surface area contributed by atoms with Crippen molar-refractivity contribution in [2.45, 2.75) is 6.42 Å².